The summed E-state index contributed by atoms with van der Waals surface area (Å²) in [5.41, 5.74) is -0.501. The molecule has 0 saturated heterocycles. The van der Waals surface area contributed by atoms with Gasteiger partial charge in [-0.3, -0.25) is 4.79 Å². The molecule has 0 fully saturated rings. The van der Waals surface area contributed by atoms with Crippen LogP contribution in [0.25, 0.3) is 0 Å². The number of carbonyl (C=O) groups excluding carboxylic acids is 3. The van der Waals surface area contributed by atoms with Crippen molar-refractivity contribution in [1.82, 2.24) is 4.90 Å². The van der Waals surface area contributed by atoms with E-state index in [4.69, 9.17) is 9.47 Å². The molecule has 7 heteroatoms. The number of nitrogens with zero attached hydrogens (tertiary/aromatic N) is 1. The van der Waals surface area contributed by atoms with Crippen molar-refractivity contribution in [3.8, 4) is 0 Å². The first-order chi connectivity index (χ1) is 11.6. The summed E-state index contributed by atoms with van der Waals surface area (Å²) >= 11 is 0. The molecule has 7 nitrogen and oxygen atoms in total. The quantitative estimate of drug-likeness (QED) is 0.378. The summed E-state index contributed by atoms with van der Waals surface area (Å²) in [6.45, 7) is 11.8. The molecule has 0 aliphatic carbocycles. The predicted octanol–water partition coefficient (Wildman–Crippen LogP) is 2.85. The molecule has 0 aromatic heterocycles. The summed E-state index contributed by atoms with van der Waals surface area (Å²) in [6.07, 6.45) is 3.25. The lowest BCUT2D eigenvalue weighted by Crippen LogP contribution is -2.32. The Morgan fingerprint density at radius 1 is 1.00 bits per heavy atom. The fourth-order valence-electron chi connectivity index (χ4n) is 1.78. The lowest BCUT2D eigenvalue weighted by molar-refractivity contribution is -0.148. The summed E-state index contributed by atoms with van der Waals surface area (Å²) in [5.74, 6) is -0.915. The van der Waals surface area contributed by atoms with Crippen LogP contribution in [0.3, 0.4) is 0 Å². The zero-order chi connectivity index (χ0) is 19.5. The van der Waals surface area contributed by atoms with Gasteiger partial charge in [-0.1, -0.05) is 0 Å². The first-order valence-electron chi connectivity index (χ1n) is 8.34. The monoisotopic (exact) mass is 355 g/mol. The van der Waals surface area contributed by atoms with Gasteiger partial charge in [-0.05, 0) is 53.7 Å². The predicted molar refractivity (Wildman–Crippen MR) is 94.0 cm³/mol. The Hall–Kier alpha value is -2.31. The summed E-state index contributed by atoms with van der Waals surface area (Å²) in [4.78, 5) is 37.2. The summed E-state index contributed by atoms with van der Waals surface area (Å²) < 4.78 is 14.6. The van der Waals surface area contributed by atoms with Gasteiger partial charge in [-0.2, -0.15) is 0 Å². The molecule has 0 atom stereocenters. The fraction of sp³-hybridized carbons (Fsp3) is 0.611. The van der Waals surface area contributed by atoms with E-state index in [1.54, 1.807) is 32.6 Å². The molecule has 0 saturated carbocycles. The Balaban J connectivity index is 5.16. The van der Waals surface area contributed by atoms with E-state index in [1.165, 1.54) is 12.2 Å². The third-order valence-electron chi connectivity index (χ3n) is 2.83. The zero-order valence-corrected chi connectivity index (χ0v) is 16.0. The molecule has 1 amide bonds. The molecule has 0 bridgehead atoms. The molecule has 25 heavy (non-hydrogen) atoms. The van der Waals surface area contributed by atoms with E-state index in [9.17, 15) is 14.4 Å². The molecule has 0 heterocycles. The van der Waals surface area contributed by atoms with Crippen LogP contribution < -0.4 is 0 Å². The van der Waals surface area contributed by atoms with Crippen molar-refractivity contribution in [2.45, 2.75) is 47.1 Å². The van der Waals surface area contributed by atoms with Gasteiger partial charge >= 0.3 is 12.1 Å². The molecule has 0 aliphatic rings. The molecule has 0 unspecified atom stereocenters. The normalized spacial score (nSPS) is 12.0. The molecule has 142 valence electrons. The van der Waals surface area contributed by atoms with Crippen molar-refractivity contribution in [2.24, 2.45) is 0 Å². The minimum absolute atomic E-state index is 0.0734. The Morgan fingerprint density at radius 3 is 2.08 bits per heavy atom. The van der Waals surface area contributed by atoms with Crippen LogP contribution in [0.1, 0.15) is 41.5 Å². The maximum absolute atomic E-state index is 12.5. The van der Waals surface area contributed by atoms with Crippen LogP contribution in [-0.4, -0.2) is 54.8 Å². The van der Waals surface area contributed by atoms with Gasteiger partial charge < -0.3 is 19.1 Å². The second kappa shape index (κ2) is 11.3. The third-order valence-corrected chi connectivity index (χ3v) is 2.83. The average molecular weight is 355 g/mol. The van der Waals surface area contributed by atoms with Gasteiger partial charge in [0, 0.05) is 24.7 Å². The van der Waals surface area contributed by atoms with Crippen molar-refractivity contribution in [3.63, 3.8) is 0 Å². The van der Waals surface area contributed by atoms with Crippen LogP contribution in [0.4, 0.5) is 4.79 Å². The fourth-order valence-corrected chi connectivity index (χ4v) is 1.78. The number of likely N-dealkylation sites (N-methyl/N-ethyl adjacent to an activating group) is 1. The highest BCUT2D eigenvalue weighted by atomic mass is 16.7. The van der Waals surface area contributed by atoms with Crippen molar-refractivity contribution < 1.29 is 28.6 Å². The van der Waals surface area contributed by atoms with E-state index in [2.05, 4.69) is 4.74 Å². The zero-order valence-electron chi connectivity index (χ0n) is 16.0. The van der Waals surface area contributed by atoms with Gasteiger partial charge in [0.15, 0.2) is 0 Å². The first kappa shape index (κ1) is 22.7. The molecule has 0 aromatic rings. The molecule has 0 N–H and O–H groups in total. The maximum Gasteiger partial charge on any atom is 0.508 e. The van der Waals surface area contributed by atoms with Gasteiger partial charge in [0.25, 0.3) is 5.91 Å². The number of carbonyl (C=O) groups is 3. The lowest BCUT2D eigenvalue weighted by atomic mass is 10.1. The van der Waals surface area contributed by atoms with Gasteiger partial charge in [0.1, 0.15) is 12.2 Å². The number of rotatable bonds is 8. The lowest BCUT2D eigenvalue weighted by Gasteiger charge is -2.20. The van der Waals surface area contributed by atoms with Crippen LogP contribution in [0, 0.1) is 0 Å². The number of hydrogen-bond donors (Lipinski definition) is 0. The van der Waals surface area contributed by atoms with Crippen LogP contribution in [0.5, 0.6) is 0 Å². The highest BCUT2D eigenvalue weighted by Crippen LogP contribution is 2.10. The number of amides is 1. The Labute approximate surface area is 149 Å². The smallest absolute Gasteiger partial charge is 0.457 e. The Kier molecular flexibility index (Phi) is 10.2. The van der Waals surface area contributed by atoms with E-state index < -0.39 is 17.7 Å². The SMILES string of the molecule is CCOC(=O)OCC=CC(=CC(=O)OC(C)(C)C)C(=O)N(CC)CC. The molecular formula is C18H29NO6. The van der Waals surface area contributed by atoms with Gasteiger partial charge in [-0.15, -0.1) is 0 Å². The van der Waals surface area contributed by atoms with Crippen LogP contribution in [-0.2, 0) is 23.8 Å². The Bertz CT molecular complexity index is 512. The van der Waals surface area contributed by atoms with Crippen LogP contribution in [0.2, 0.25) is 0 Å². The van der Waals surface area contributed by atoms with Crippen LogP contribution >= 0.6 is 0 Å². The molecule has 0 rings (SSSR count). The van der Waals surface area contributed by atoms with Gasteiger partial charge in [-0.25, -0.2) is 9.59 Å². The number of hydrogen-bond acceptors (Lipinski definition) is 6. The molecule has 0 spiro atoms. The number of ether oxygens (including phenoxy) is 3. The minimum atomic E-state index is -0.792. The van der Waals surface area contributed by atoms with Crippen molar-refractivity contribution in [1.29, 1.82) is 0 Å². The first-order valence-corrected chi connectivity index (χ1v) is 8.34. The highest BCUT2D eigenvalue weighted by molar-refractivity contribution is 6.01. The molecule has 0 aromatic carbocycles. The molecular weight excluding hydrogens is 326 g/mol. The summed E-state index contributed by atoms with van der Waals surface area (Å²) in [7, 11) is 0. The van der Waals surface area contributed by atoms with Gasteiger partial charge in [0.05, 0.1) is 6.61 Å². The van der Waals surface area contributed by atoms with E-state index >= 15 is 0 Å². The molecule has 0 radical (unpaired) electrons. The number of esters is 1. The van der Waals surface area contributed by atoms with Crippen molar-refractivity contribution in [3.05, 3.63) is 23.8 Å². The van der Waals surface area contributed by atoms with E-state index in [0.29, 0.717) is 13.1 Å². The van der Waals surface area contributed by atoms with Crippen molar-refractivity contribution >= 4 is 18.0 Å². The molecule has 0 aliphatic heterocycles. The minimum Gasteiger partial charge on any atom is -0.457 e. The highest BCUT2D eigenvalue weighted by Gasteiger charge is 2.18. The topological polar surface area (TPSA) is 82.1 Å². The second-order valence-electron chi connectivity index (χ2n) is 6.01. The van der Waals surface area contributed by atoms with E-state index in [-0.39, 0.29) is 24.7 Å². The average Bonchev–Trinajstić information content (AvgIpc) is 2.49. The maximum atomic E-state index is 12.5. The third kappa shape index (κ3) is 10.2. The second-order valence-corrected chi connectivity index (χ2v) is 6.01. The van der Waals surface area contributed by atoms with E-state index in [0.717, 1.165) is 6.08 Å². The summed E-state index contributed by atoms with van der Waals surface area (Å²) in [6, 6.07) is 0. The van der Waals surface area contributed by atoms with Crippen LogP contribution in [0.15, 0.2) is 23.8 Å². The largest absolute Gasteiger partial charge is 0.508 e. The van der Waals surface area contributed by atoms with Gasteiger partial charge in [0.2, 0.25) is 0 Å². The Morgan fingerprint density at radius 2 is 1.60 bits per heavy atom. The standard InChI is InChI=1S/C18H29NO6/c1-7-19(8-2)16(21)14(13-15(20)25-18(4,5)6)11-10-12-24-17(22)23-9-3/h10-11,13H,7-9,12H2,1-6H3. The van der Waals surface area contributed by atoms with E-state index in [1.807, 2.05) is 13.8 Å². The van der Waals surface area contributed by atoms with Crippen molar-refractivity contribution in [2.75, 3.05) is 26.3 Å². The summed E-state index contributed by atoms with van der Waals surface area (Å²) in [5, 5.41) is 0.